The highest BCUT2D eigenvalue weighted by Gasteiger charge is 2.26. The van der Waals surface area contributed by atoms with Gasteiger partial charge in [-0.05, 0) is 38.0 Å². The summed E-state index contributed by atoms with van der Waals surface area (Å²) in [6.45, 7) is 9.65. The number of aryl methyl sites for hydroxylation is 1. The van der Waals surface area contributed by atoms with Crippen LogP contribution in [-0.4, -0.2) is 22.6 Å². The maximum absolute atomic E-state index is 6.11. The lowest BCUT2D eigenvalue weighted by Gasteiger charge is -2.32. The fraction of sp³-hybridized carbons (Fsp3) is 0.750. The van der Waals surface area contributed by atoms with Gasteiger partial charge in [-0.15, -0.1) is 0 Å². The number of aromatic nitrogens is 2. The molecule has 112 valence electrons. The molecule has 1 aromatic rings. The van der Waals surface area contributed by atoms with Gasteiger partial charge in [-0.2, -0.15) is 4.98 Å². The van der Waals surface area contributed by atoms with Crippen LogP contribution in [0.25, 0.3) is 0 Å². The molecule has 0 aliphatic heterocycles. The van der Waals surface area contributed by atoms with Crippen molar-refractivity contribution in [2.24, 2.45) is 11.8 Å². The minimum Gasteiger partial charge on any atom is -0.474 e. The predicted molar refractivity (Wildman–Crippen MR) is 82.2 cm³/mol. The number of hydrogen-bond acceptors (Lipinski definition) is 4. The molecule has 4 heteroatoms. The Kier molecular flexibility index (Phi) is 5.21. The molecule has 1 heterocycles. The van der Waals surface area contributed by atoms with Gasteiger partial charge >= 0.3 is 0 Å². The molecule has 1 fully saturated rings. The lowest BCUT2D eigenvalue weighted by molar-refractivity contribution is 0.0962. The first-order valence-electron chi connectivity index (χ1n) is 7.90. The van der Waals surface area contributed by atoms with Gasteiger partial charge in [0.1, 0.15) is 17.7 Å². The minimum absolute atomic E-state index is 0.301. The van der Waals surface area contributed by atoms with E-state index in [0.717, 1.165) is 55.2 Å². The van der Waals surface area contributed by atoms with E-state index in [2.05, 4.69) is 43.0 Å². The van der Waals surface area contributed by atoms with Crippen LogP contribution in [0.15, 0.2) is 6.07 Å². The van der Waals surface area contributed by atoms with Crippen LogP contribution in [0.2, 0.25) is 0 Å². The average molecular weight is 277 g/mol. The summed E-state index contributed by atoms with van der Waals surface area (Å²) in [6, 6.07) is 1.92. The highest BCUT2D eigenvalue weighted by molar-refractivity contribution is 5.38. The number of rotatable bonds is 5. The third-order valence-electron chi connectivity index (χ3n) is 4.26. The Balaban J connectivity index is 2.06. The summed E-state index contributed by atoms with van der Waals surface area (Å²) in [5, 5.41) is 3.24. The van der Waals surface area contributed by atoms with Crippen molar-refractivity contribution in [1.29, 1.82) is 0 Å². The number of anilines is 1. The monoisotopic (exact) mass is 277 g/mol. The topological polar surface area (TPSA) is 47.0 Å². The highest BCUT2D eigenvalue weighted by Crippen LogP contribution is 2.31. The van der Waals surface area contributed by atoms with Crippen molar-refractivity contribution in [2.75, 3.05) is 11.9 Å². The first-order chi connectivity index (χ1) is 9.62. The van der Waals surface area contributed by atoms with Gasteiger partial charge in [0.05, 0.1) is 0 Å². The van der Waals surface area contributed by atoms with Gasteiger partial charge in [-0.3, -0.25) is 0 Å². The molecule has 0 saturated heterocycles. The van der Waals surface area contributed by atoms with Crippen LogP contribution >= 0.6 is 0 Å². The van der Waals surface area contributed by atoms with Crippen LogP contribution in [-0.2, 0) is 6.42 Å². The quantitative estimate of drug-likeness (QED) is 0.892. The maximum Gasteiger partial charge on any atom is 0.218 e. The summed E-state index contributed by atoms with van der Waals surface area (Å²) in [4.78, 5) is 8.96. The third kappa shape index (κ3) is 3.84. The van der Waals surface area contributed by atoms with Crippen LogP contribution in [0.1, 0.15) is 52.8 Å². The van der Waals surface area contributed by atoms with Crippen molar-refractivity contribution in [3.05, 3.63) is 11.9 Å². The summed E-state index contributed by atoms with van der Waals surface area (Å²) in [5.74, 6) is 3.97. The second-order valence-electron chi connectivity index (χ2n) is 5.90. The Morgan fingerprint density at radius 1 is 1.20 bits per heavy atom. The molecule has 3 atom stereocenters. The van der Waals surface area contributed by atoms with Gasteiger partial charge in [-0.25, -0.2) is 4.98 Å². The van der Waals surface area contributed by atoms with E-state index < -0.39 is 0 Å². The van der Waals surface area contributed by atoms with Crippen molar-refractivity contribution in [1.82, 2.24) is 9.97 Å². The molecule has 1 aromatic heterocycles. The van der Waals surface area contributed by atoms with Crippen LogP contribution < -0.4 is 10.1 Å². The van der Waals surface area contributed by atoms with Crippen LogP contribution in [0.4, 0.5) is 5.82 Å². The predicted octanol–water partition coefficient (Wildman–Crippen LogP) is 3.67. The molecular weight excluding hydrogens is 250 g/mol. The Bertz CT molecular complexity index is 436. The lowest BCUT2D eigenvalue weighted by Crippen LogP contribution is -2.29. The molecule has 3 unspecified atom stereocenters. The molecule has 0 radical (unpaired) electrons. The van der Waals surface area contributed by atoms with Crippen LogP contribution in [0, 0.1) is 11.8 Å². The lowest BCUT2D eigenvalue weighted by atomic mass is 9.80. The summed E-state index contributed by atoms with van der Waals surface area (Å²) in [7, 11) is 0. The second-order valence-corrected chi connectivity index (χ2v) is 5.90. The van der Waals surface area contributed by atoms with Gasteiger partial charge in [0.25, 0.3) is 0 Å². The zero-order valence-corrected chi connectivity index (χ0v) is 13.1. The Morgan fingerprint density at radius 3 is 2.65 bits per heavy atom. The average Bonchev–Trinajstić information content (AvgIpc) is 2.43. The van der Waals surface area contributed by atoms with Crippen molar-refractivity contribution in [3.8, 4) is 5.88 Å². The summed E-state index contributed by atoms with van der Waals surface area (Å²) in [6.07, 6.45) is 4.64. The van der Waals surface area contributed by atoms with Gasteiger partial charge in [-0.1, -0.05) is 20.8 Å². The zero-order valence-electron chi connectivity index (χ0n) is 13.1. The Labute approximate surface area is 122 Å². The Morgan fingerprint density at radius 2 is 2.00 bits per heavy atom. The molecule has 2 rings (SSSR count). The third-order valence-corrected chi connectivity index (χ3v) is 4.26. The SMILES string of the molecule is CCNc1cc(OC2CCC(C)C(C)C2)nc(CC)n1. The van der Waals surface area contributed by atoms with E-state index in [-0.39, 0.29) is 0 Å². The molecule has 20 heavy (non-hydrogen) atoms. The van der Waals surface area contributed by atoms with Crippen molar-refractivity contribution >= 4 is 5.82 Å². The first-order valence-corrected chi connectivity index (χ1v) is 7.90. The number of nitrogens with one attached hydrogen (secondary N) is 1. The van der Waals surface area contributed by atoms with E-state index in [4.69, 9.17) is 4.74 Å². The molecule has 1 saturated carbocycles. The number of ether oxygens (including phenoxy) is 1. The highest BCUT2D eigenvalue weighted by atomic mass is 16.5. The number of nitrogens with zero attached hydrogens (tertiary/aromatic N) is 2. The maximum atomic E-state index is 6.11. The van der Waals surface area contributed by atoms with Gasteiger partial charge in [0, 0.05) is 19.0 Å². The van der Waals surface area contributed by atoms with E-state index in [1.807, 2.05) is 6.07 Å². The second kappa shape index (κ2) is 6.91. The molecule has 0 spiro atoms. The van der Waals surface area contributed by atoms with Gasteiger partial charge in [0.15, 0.2) is 0 Å². The van der Waals surface area contributed by atoms with Crippen molar-refractivity contribution in [3.63, 3.8) is 0 Å². The first kappa shape index (κ1) is 15.1. The van der Waals surface area contributed by atoms with E-state index >= 15 is 0 Å². The smallest absolute Gasteiger partial charge is 0.218 e. The molecule has 0 amide bonds. The summed E-state index contributed by atoms with van der Waals surface area (Å²) in [5.41, 5.74) is 0. The summed E-state index contributed by atoms with van der Waals surface area (Å²) >= 11 is 0. The zero-order chi connectivity index (χ0) is 14.5. The van der Waals surface area contributed by atoms with Crippen molar-refractivity contribution in [2.45, 2.75) is 59.5 Å². The molecule has 0 bridgehead atoms. The normalized spacial score (nSPS) is 26.3. The molecule has 1 aliphatic rings. The molecular formula is C16H27N3O. The standard InChI is InChI=1S/C16H27N3O/c1-5-14-18-15(17-6-2)10-16(19-14)20-13-8-7-11(3)12(4)9-13/h10-13H,5-9H2,1-4H3,(H,17,18,19). The molecule has 1 N–H and O–H groups in total. The largest absolute Gasteiger partial charge is 0.474 e. The molecule has 0 aromatic carbocycles. The fourth-order valence-electron chi connectivity index (χ4n) is 2.74. The van der Waals surface area contributed by atoms with E-state index in [1.165, 1.54) is 6.42 Å². The van der Waals surface area contributed by atoms with E-state index in [9.17, 15) is 0 Å². The van der Waals surface area contributed by atoms with Crippen LogP contribution in [0.3, 0.4) is 0 Å². The molecule has 4 nitrogen and oxygen atoms in total. The minimum atomic E-state index is 0.301. The summed E-state index contributed by atoms with van der Waals surface area (Å²) < 4.78 is 6.11. The van der Waals surface area contributed by atoms with Gasteiger partial charge in [0.2, 0.25) is 5.88 Å². The van der Waals surface area contributed by atoms with E-state index in [1.54, 1.807) is 0 Å². The van der Waals surface area contributed by atoms with E-state index in [0.29, 0.717) is 6.10 Å². The number of hydrogen-bond donors (Lipinski definition) is 1. The molecule has 1 aliphatic carbocycles. The van der Waals surface area contributed by atoms with Crippen LogP contribution in [0.5, 0.6) is 5.88 Å². The Hall–Kier alpha value is -1.32. The fourth-order valence-corrected chi connectivity index (χ4v) is 2.74. The van der Waals surface area contributed by atoms with Crippen molar-refractivity contribution < 1.29 is 4.74 Å². The van der Waals surface area contributed by atoms with Gasteiger partial charge < -0.3 is 10.1 Å².